The second-order valence-corrected chi connectivity index (χ2v) is 6.45. The number of likely N-dealkylation sites (tertiary alicyclic amines) is 1. The molecule has 0 aromatic carbocycles. The molecule has 1 fully saturated rings. The first kappa shape index (κ1) is 18.0. The molecule has 0 unspecified atom stereocenters. The molecule has 0 radical (unpaired) electrons. The third-order valence-corrected chi connectivity index (χ3v) is 3.19. The van der Waals surface area contributed by atoms with Crippen molar-refractivity contribution in [3.8, 4) is 0 Å². The summed E-state index contributed by atoms with van der Waals surface area (Å²) in [7, 11) is 0. The Morgan fingerprint density at radius 2 is 1.92 bits per heavy atom. The smallest absolute Gasteiger partial charge is 0.434 e. The minimum atomic E-state index is -4.71. The highest BCUT2D eigenvalue weighted by Gasteiger charge is 2.39. The van der Waals surface area contributed by atoms with Crippen molar-refractivity contribution in [2.24, 2.45) is 0 Å². The summed E-state index contributed by atoms with van der Waals surface area (Å²) in [5.74, 6) is -0.871. The second-order valence-electron chi connectivity index (χ2n) is 6.45. The maximum absolute atomic E-state index is 12.9. The lowest BCUT2D eigenvalue weighted by molar-refractivity contribution is -0.141. The number of nitrogens with one attached hydrogen (secondary N) is 1. The van der Waals surface area contributed by atoms with Gasteiger partial charge in [0.2, 0.25) is 0 Å². The first-order valence-electron chi connectivity index (χ1n) is 7.28. The highest BCUT2D eigenvalue weighted by Crippen LogP contribution is 2.30. The quantitative estimate of drug-likeness (QED) is 0.894. The van der Waals surface area contributed by atoms with Crippen molar-refractivity contribution in [3.63, 3.8) is 0 Å². The van der Waals surface area contributed by atoms with Gasteiger partial charge < -0.3 is 15.0 Å². The van der Waals surface area contributed by atoms with E-state index in [1.165, 1.54) is 11.0 Å². The molecule has 2 rings (SSSR count). The largest absolute Gasteiger partial charge is 0.444 e. The molecule has 2 amide bonds. The number of carbonyl (C=O) groups is 2. The predicted octanol–water partition coefficient (Wildman–Crippen LogP) is 2.45. The fourth-order valence-electron chi connectivity index (χ4n) is 2.12. The Bertz CT molecular complexity index is 635. The van der Waals surface area contributed by atoms with Crippen molar-refractivity contribution >= 4 is 12.0 Å². The highest BCUT2D eigenvalue weighted by atomic mass is 19.4. The number of pyridine rings is 1. The Morgan fingerprint density at radius 3 is 2.46 bits per heavy atom. The third kappa shape index (κ3) is 4.36. The Balaban J connectivity index is 1.94. The first-order valence-corrected chi connectivity index (χ1v) is 7.28. The van der Waals surface area contributed by atoms with Crippen molar-refractivity contribution in [2.45, 2.75) is 38.6 Å². The zero-order chi connectivity index (χ0) is 18.1. The average Bonchev–Trinajstić information content (AvgIpc) is 2.39. The Hall–Kier alpha value is -2.32. The molecule has 1 saturated heterocycles. The SMILES string of the molecule is CC(C)(C)OC(=O)N1CC(NC(=O)c2cccnc2C(F)(F)F)C1. The number of carbonyl (C=O) groups excluding carboxylic acids is 2. The zero-order valence-corrected chi connectivity index (χ0v) is 13.5. The van der Waals surface area contributed by atoms with Crippen LogP contribution in [-0.2, 0) is 10.9 Å². The standard InChI is InChI=1S/C15H18F3N3O3/c1-14(2,3)24-13(23)21-7-9(8-21)20-12(22)10-5-4-6-19-11(10)15(16,17)18/h4-6,9H,7-8H2,1-3H3,(H,20,22). The summed E-state index contributed by atoms with van der Waals surface area (Å²) in [6.45, 7) is 5.55. The molecular weight excluding hydrogens is 327 g/mol. The molecule has 0 spiro atoms. The van der Waals surface area contributed by atoms with Gasteiger partial charge in [-0.05, 0) is 32.9 Å². The van der Waals surface area contributed by atoms with Crippen LogP contribution in [0.5, 0.6) is 0 Å². The van der Waals surface area contributed by atoms with E-state index in [0.717, 1.165) is 12.3 Å². The van der Waals surface area contributed by atoms with Gasteiger partial charge in [-0.3, -0.25) is 9.78 Å². The van der Waals surface area contributed by atoms with E-state index >= 15 is 0 Å². The van der Waals surface area contributed by atoms with Crippen LogP contribution in [-0.4, -0.2) is 46.6 Å². The number of nitrogens with zero attached hydrogens (tertiary/aromatic N) is 2. The van der Waals surface area contributed by atoms with E-state index in [9.17, 15) is 22.8 Å². The summed E-state index contributed by atoms with van der Waals surface area (Å²) >= 11 is 0. The third-order valence-electron chi connectivity index (χ3n) is 3.19. The van der Waals surface area contributed by atoms with Crippen molar-refractivity contribution in [1.29, 1.82) is 0 Å². The van der Waals surface area contributed by atoms with E-state index < -0.39 is 41.1 Å². The molecule has 1 aromatic rings. The van der Waals surface area contributed by atoms with Crippen LogP contribution in [0.1, 0.15) is 36.8 Å². The molecule has 9 heteroatoms. The number of ether oxygens (including phenoxy) is 1. The van der Waals surface area contributed by atoms with Gasteiger partial charge in [-0.1, -0.05) is 0 Å². The minimum Gasteiger partial charge on any atom is -0.444 e. The molecule has 1 aromatic heterocycles. The number of rotatable bonds is 2. The van der Waals surface area contributed by atoms with Crippen LogP contribution in [0.3, 0.4) is 0 Å². The monoisotopic (exact) mass is 345 g/mol. The molecule has 0 atom stereocenters. The summed E-state index contributed by atoms with van der Waals surface area (Å²) in [6, 6.07) is 1.90. The van der Waals surface area contributed by atoms with Crippen molar-refractivity contribution < 1.29 is 27.5 Å². The number of halogens is 3. The Labute approximate surface area is 137 Å². The summed E-state index contributed by atoms with van der Waals surface area (Å²) < 4.78 is 43.7. The van der Waals surface area contributed by atoms with Gasteiger partial charge in [-0.2, -0.15) is 13.2 Å². The molecule has 1 aliphatic heterocycles. The average molecular weight is 345 g/mol. The summed E-state index contributed by atoms with van der Waals surface area (Å²) in [5.41, 5.74) is -2.41. The van der Waals surface area contributed by atoms with Crippen LogP contribution in [0.25, 0.3) is 0 Å². The first-order chi connectivity index (χ1) is 11.0. The summed E-state index contributed by atoms with van der Waals surface area (Å²) in [6.07, 6.45) is -4.26. The second kappa shape index (κ2) is 6.29. The molecule has 6 nitrogen and oxygen atoms in total. The van der Waals surface area contributed by atoms with Crippen LogP contribution in [0.2, 0.25) is 0 Å². The van der Waals surface area contributed by atoms with Crippen LogP contribution in [0, 0.1) is 0 Å². The number of amides is 2. The van der Waals surface area contributed by atoms with Gasteiger partial charge >= 0.3 is 12.3 Å². The van der Waals surface area contributed by atoms with E-state index in [0.29, 0.717) is 0 Å². The van der Waals surface area contributed by atoms with Crippen LogP contribution in [0.4, 0.5) is 18.0 Å². The van der Waals surface area contributed by atoms with E-state index in [4.69, 9.17) is 4.74 Å². The molecule has 1 aliphatic rings. The minimum absolute atomic E-state index is 0.183. The maximum Gasteiger partial charge on any atom is 0.434 e. The summed E-state index contributed by atoms with van der Waals surface area (Å²) in [4.78, 5) is 28.4. The van der Waals surface area contributed by atoms with Crippen LogP contribution < -0.4 is 5.32 Å². The lowest BCUT2D eigenvalue weighted by atomic mass is 10.1. The van der Waals surface area contributed by atoms with Crippen LogP contribution >= 0.6 is 0 Å². The highest BCUT2D eigenvalue weighted by molar-refractivity contribution is 5.95. The lowest BCUT2D eigenvalue weighted by Gasteiger charge is -2.40. The van der Waals surface area contributed by atoms with Crippen molar-refractivity contribution in [3.05, 3.63) is 29.6 Å². The molecular formula is C15H18F3N3O3. The molecule has 132 valence electrons. The van der Waals surface area contributed by atoms with Gasteiger partial charge in [0.05, 0.1) is 11.6 Å². The predicted molar refractivity (Wildman–Crippen MR) is 78.3 cm³/mol. The fraction of sp³-hybridized carbons (Fsp3) is 0.533. The molecule has 0 bridgehead atoms. The number of hydrogen-bond acceptors (Lipinski definition) is 4. The van der Waals surface area contributed by atoms with Crippen LogP contribution in [0.15, 0.2) is 18.3 Å². The number of alkyl halides is 3. The normalized spacial score (nSPS) is 15.7. The molecule has 0 aliphatic carbocycles. The van der Waals surface area contributed by atoms with Gasteiger partial charge in [0, 0.05) is 19.3 Å². The summed E-state index contributed by atoms with van der Waals surface area (Å²) in [5, 5.41) is 2.46. The van der Waals surface area contributed by atoms with Gasteiger partial charge in [0.25, 0.3) is 5.91 Å². The van der Waals surface area contributed by atoms with Gasteiger partial charge in [0.1, 0.15) is 5.60 Å². The van der Waals surface area contributed by atoms with Crippen molar-refractivity contribution in [1.82, 2.24) is 15.2 Å². The fourth-order valence-corrected chi connectivity index (χ4v) is 2.12. The van der Waals surface area contributed by atoms with E-state index in [-0.39, 0.29) is 13.1 Å². The molecule has 24 heavy (non-hydrogen) atoms. The van der Waals surface area contributed by atoms with Gasteiger partial charge in [0.15, 0.2) is 5.69 Å². The Kier molecular flexibility index (Phi) is 4.73. The van der Waals surface area contributed by atoms with E-state index in [1.807, 2.05) is 0 Å². The van der Waals surface area contributed by atoms with E-state index in [2.05, 4.69) is 10.3 Å². The zero-order valence-electron chi connectivity index (χ0n) is 13.5. The molecule has 0 saturated carbocycles. The topological polar surface area (TPSA) is 71.5 Å². The molecule has 1 N–H and O–H groups in total. The number of aromatic nitrogens is 1. The Morgan fingerprint density at radius 1 is 1.29 bits per heavy atom. The van der Waals surface area contributed by atoms with E-state index in [1.54, 1.807) is 20.8 Å². The lowest BCUT2D eigenvalue weighted by Crippen LogP contribution is -2.61. The van der Waals surface area contributed by atoms with Gasteiger partial charge in [-0.25, -0.2) is 4.79 Å². The molecule has 2 heterocycles. The van der Waals surface area contributed by atoms with Gasteiger partial charge in [-0.15, -0.1) is 0 Å². The van der Waals surface area contributed by atoms with Crippen molar-refractivity contribution in [2.75, 3.05) is 13.1 Å². The maximum atomic E-state index is 12.9. The number of hydrogen-bond donors (Lipinski definition) is 1.